The highest BCUT2D eigenvalue weighted by Crippen LogP contribution is 2.20. The quantitative estimate of drug-likeness (QED) is 0.377. The van der Waals surface area contributed by atoms with Gasteiger partial charge in [0.15, 0.2) is 6.61 Å². The van der Waals surface area contributed by atoms with Crippen molar-refractivity contribution in [2.75, 3.05) is 11.9 Å². The monoisotopic (exact) mass is 375 g/mol. The van der Waals surface area contributed by atoms with Crippen molar-refractivity contribution in [2.45, 2.75) is 0 Å². The molecule has 0 aromatic heterocycles. The minimum atomic E-state index is -0.461. The Morgan fingerprint density at radius 1 is 1.00 bits per heavy atom. The second-order valence-electron chi connectivity index (χ2n) is 5.77. The fraction of sp³-hybridized carbons (Fsp3) is 0.0476. The zero-order valence-corrected chi connectivity index (χ0v) is 14.8. The maximum Gasteiger partial charge on any atom is 0.269 e. The molecule has 0 aliphatic heterocycles. The van der Waals surface area contributed by atoms with Crippen LogP contribution >= 0.6 is 0 Å². The molecule has 3 aromatic rings. The molecule has 0 unspecified atom stereocenters. The van der Waals surface area contributed by atoms with Gasteiger partial charge in [0.1, 0.15) is 5.75 Å². The Morgan fingerprint density at radius 3 is 2.39 bits per heavy atom. The van der Waals surface area contributed by atoms with Gasteiger partial charge in [-0.25, -0.2) is 0 Å². The van der Waals surface area contributed by atoms with Gasteiger partial charge in [-0.1, -0.05) is 30.3 Å². The molecule has 7 heteroatoms. The normalized spacial score (nSPS) is 10.6. The topological polar surface area (TPSA) is 93.8 Å². The Morgan fingerprint density at radius 2 is 1.68 bits per heavy atom. The Kier molecular flexibility index (Phi) is 6.10. The highest BCUT2D eigenvalue weighted by Gasteiger charge is 2.07. The van der Waals surface area contributed by atoms with Crippen LogP contribution in [0, 0.1) is 10.1 Å². The van der Waals surface area contributed by atoms with Crippen LogP contribution in [0.2, 0.25) is 0 Å². The number of rotatable bonds is 7. The Hall–Kier alpha value is -4.00. The van der Waals surface area contributed by atoms with Crippen LogP contribution in [0.15, 0.2) is 83.9 Å². The van der Waals surface area contributed by atoms with Gasteiger partial charge in [-0.05, 0) is 36.4 Å². The molecule has 140 valence electrons. The molecule has 1 amide bonds. The Balaban J connectivity index is 1.64. The maximum absolute atomic E-state index is 12.0. The number of hydrogen-bond acceptors (Lipinski definition) is 5. The molecule has 7 nitrogen and oxygen atoms in total. The van der Waals surface area contributed by atoms with Crippen LogP contribution in [-0.2, 0) is 4.79 Å². The van der Waals surface area contributed by atoms with E-state index in [9.17, 15) is 14.9 Å². The molecule has 0 aliphatic rings. The van der Waals surface area contributed by atoms with Crippen molar-refractivity contribution in [3.8, 4) is 5.75 Å². The third kappa shape index (κ3) is 5.25. The molecule has 3 aromatic carbocycles. The van der Waals surface area contributed by atoms with Gasteiger partial charge in [-0.2, -0.15) is 0 Å². The van der Waals surface area contributed by atoms with Crippen LogP contribution in [0.3, 0.4) is 0 Å². The van der Waals surface area contributed by atoms with Gasteiger partial charge < -0.3 is 10.1 Å². The van der Waals surface area contributed by atoms with Gasteiger partial charge >= 0.3 is 0 Å². The molecular weight excluding hydrogens is 358 g/mol. The third-order valence-electron chi connectivity index (χ3n) is 3.75. The largest absolute Gasteiger partial charge is 0.483 e. The van der Waals surface area contributed by atoms with Gasteiger partial charge in [-0.15, -0.1) is 0 Å². The highest BCUT2D eigenvalue weighted by atomic mass is 16.6. The first-order valence-corrected chi connectivity index (χ1v) is 8.47. The first kappa shape index (κ1) is 18.8. The molecule has 0 saturated heterocycles. The van der Waals surface area contributed by atoms with Crippen molar-refractivity contribution in [2.24, 2.45) is 4.99 Å². The first-order valence-electron chi connectivity index (χ1n) is 8.47. The predicted molar refractivity (Wildman–Crippen MR) is 107 cm³/mol. The standard InChI is InChI=1S/C21H17N3O4/c25-21(23-18-7-2-1-3-8-18)15-28-20-9-5-4-6-16(20)14-22-17-10-12-19(13-11-17)24(26)27/h1-14H,15H2,(H,23,25). The Labute approximate surface area is 161 Å². The summed E-state index contributed by atoms with van der Waals surface area (Å²) < 4.78 is 5.62. The van der Waals surface area contributed by atoms with Crippen molar-refractivity contribution in [1.29, 1.82) is 0 Å². The minimum Gasteiger partial charge on any atom is -0.483 e. The number of nitro benzene ring substituents is 1. The number of benzene rings is 3. The molecule has 0 aliphatic carbocycles. The molecule has 1 N–H and O–H groups in total. The highest BCUT2D eigenvalue weighted by molar-refractivity contribution is 5.92. The smallest absolute Gasteiger partial charge is 0.269 e. The van der Waals surface area contributed by atoms with Crippen molar-refractivity contribution in [3.63, 3.8) is 0 Å². The molecule has 0 bridgehead atoms. The number of nitrogens with zero attached hydrogens (tertiary/aromatic N) is 2. The summed E-state index contributed by atoms with van der Waals surface area (Å²) in [7, 11) is 0. The number of anilines is 1. The number of non-ortho nitro benzene ring substituents is 1. The number of nitro groups is 1. The molecule has 0 fully saturated rings. The predicted octanol–water partition coefficient (Wildman–Crippen LogP) is 4.36. The summed E-state index contributed by atoms with van der Waals surface area (Å²) in [5.41, 5.74) is 1.96. The fourth-order valence-corrected chi connectivity index (χ4v) is 2.38. The summed E-state index contributed by atoms with van der Waals surface area (Å²) in [4.78, 5) is 26.6. The fourth-order valence-electron chi connectivity index (χ4n) is 2.38. The second kappa shape index (κ2) is 9.09. The summed E-state index contributed by atoms with van der Waals surface area (Å²) >= 11 is 0. The number of amides is 1. The molecule has 0 radical (unpaired) electrons. The summed E-state index contributed by atoms with van der Waals surface area (Å²) in [5.74, 6) is 0.240. The lowest BCUT2D eigenvalue weighted by Crippen LogP contribution is -2.20. The minimum absolute atomic E-state index is 0.00659. The van der Waals surface area contributed by atoms with Crippen molar-refractivity contribution >= 4 is 29.2 Å². The number of para-hydroxylation sites is 2. The van der Waals surface area contributed by atoms with Gasteiger partial charge in [0.05, 0.1) is 10.6 Å². The van der Waals surface area contributed by atoms with E-state index in [4.69, 9.17) is 4.74 Å². The molecule has 0 spiro atoms. The van der Waals surface area contributed by atoms with Gasteiger partial charge in [0.2, 0.25) is 0 Å². The first-order chi connectivity index (χ1) is 13.6. The van der Waals surface area contributed by atoms with Crippen LogP contribution in [0.1, 0.15) is 5.56 Å². The molecule has 0 saturated carbocycles. The number of carbonyl (C=O) groups is 1. The van der Waals surface area contributed by atoms with Gasteiger partial charge in [0, 0.05) is 29.6 Å². The summed E-state index contributed by atoms with van der Waals surface area (Å²) in [6, 6.07) is 22.2. The molecule has 3 rings (SSSR count). The lowest BCUT2D eigenvalue weighted by molar-refractivity contribution is -0.384. The van der Waals surface area contributed by atoms with E-state index in [0.29, 0.717) is 22.7 Å². The summed E-state index contributed by atoms with van der Waals surface area (Å²) in [5, 5.41) is 13.4. The van der Waals surface area contributed by atoms with Crippen LogP contribution < -0.4 is 10.1 Å². The van der Waals surface area contributed by atoms with E-state index in [-0.39, 0.29) is 18.2 Å². The zero-order chi connectivity index (χ0) is 19.8. The lowest BCUT2D eigenvalue weighted by atomic mass is 10.2. The average Bonchev–Trinajstić information content (AvgIpc) is 2.72. The number of carbonyl (C=O) groups excluding carboxylic acids is 1. The van der Waals surface area contributed by atoms with Crippen LogP contribution in [0.4, 0.5) is 17.1 Å². The van der Waals surface area contributed by atoms with E-state index >= 15 is 0 Å². The average molecular weight is 375 g/mol. The number of hydrogen-bond donors (Lipinski definition) is 1. The number of ether oxygens (including phenoxy) is 1. The van der Waals surface area contributed by atoms with E-state index in [1.807, 2.05) is 24.3 Å². The van der Waals surface area contributed by atoms with Crippen LogP contribution in [0.5, 0.6) is 5.75 Å². The van der Waals surface area contributed by atoms with Crippen LogP contribution in [-0.4, -0.2) is 23.7 Å². The van der Waals surface area contributed by atoms with Crippen LogP contribution in [0.25, 0.3) is 0 Å². The lowest BCUT2D eigenvalue weighted by Gasteiger charge is -2.09. The number of nitrogens with one attached hydrogen (secondary N) is 1. The number of aliphatic imine (C=N–C) groups is 1. The van der Waals surface area contributed by atoms with E-state index in [2.05, 4.69) is 10.3 Å². The van der Waals surface area contributed by atoms with E-state index in [0.717, 1.165) is 0 Å². The van der Waals surface area contributed by atoms with Gasteiger partial charge in [0.25, 0.3) is 11.6 Å². The Bertz CT molecular complexity index is 986. The van der Waals surface area contributed by atoms with E-state index in [1.54, 1.807) is 48.7 Å². The van der Waals surface area contributed by atoms with Gasteiger partial charge in [-0.3, -0.25) is 19.9 Å². The molecular formula is C21H17N3O4. The molecule has 0 heterocycles. The zero-order valence-electron chi connectivity index (χ0n) is 14.8. The maximum atomic E-state index is 12.0. The van der Waals surface area contributed by atoms with E-state index < -0.39 is 4.92 Å². The molecule has 0 atom stereocenters. The van der Waals surface area contributed by atoms with Crippen molar-refractivity contribution in [3.05, 3.63) is 94.5 Å². The van der Waals surface area contributed by atoms with Crippen molar-refractivity contribution in [1.82, 2.24) is 0 Å². The molecule has 28 heavy (non-hydrogen) atoms. The summed E-state index contributed by atoms with van der Waals surface area (Å²) in [6.07, 6.45) is 1.59. The summed E-state index contributed by atoms with van der Waals surface area (Å²) in [6.45, 7) is -0.142. The van der Waals surface area contributed by atoms with Crippen molar-refractivity contribution < 1.29 is 14.5 Å². The second-order valence-corrected chi connectivity index (χ2v) is 5.77. The third-order valence-corrected chi connectivity index (χ3v) is 3.75. The van der Waals surface area contributed by atoms with E-state index in [1.165, 1.54) is 12.1 Å². The SMILES string of the molecule is O=C(COc1ccccc1C=Nc1ccc([N+](=O)[O-])cc1)Nc1ccccc1.